The Labute approximate surface area is 314 Å². The van der Waals surface area contributed by atoms with E-state index in [2.05, 4.69) is 16.0 Å². The van der Waals surface area contributed by atoms with Crippen LogP contribution >= 0.6 is 0 Å². The van der Waals surface area contributed by atoms with E-state index in [-0.39, 0.29) is 49.5 Å². The Hall–Kier alpha value is -4.93. The zero-order valence-electron chi connectivity index (χ0n) is 32.2. The molecule has 4 rings (SSSR count). The summed E-state index contributed by atoms with van der Waals surface area (Å²) in [6.07, 6.45) is -0.439. The van der Waals surface area contributed by atoms with Crippen molar-refractivity contribution in [1.29, 1.82) is 0 Å². The van der Waals surface area contributed by atoms with Crippen molar-refractivity contribution in [1.82, 2.24) is 20.9 Å². The Bertz CT molecular complexity index is 1760. The van der Waals surface area contributed by atoms with Crippen LogP contribution < -0.4 is 20.7 Å². The van der Waals surface area contributed by atoms with Crippen molar-refractivity contribution in [3.8, 4) is 5.75 Å². The highest BCUT2D eigenvalue weighted by molar-refractivity contribution is 5.91. The first kappa shape index (κ1) is 40.8. The highest BCUT2D eigenvalue weighted by atomic mass is 16.7. The van der Waals surface area contributed by atoms with Gasteiger partial charge in [-0.3, -0.25) is 9.59 Å². The molecule has 4 aromatic rings. The summed E-state index contributed by atoms with van der Waals surface area (Å²) < 4.78 is 17.9. The Morgan fingerprint density at radius 2 is 1.38 bits per heavy atom. The number of rotatable bonds is 18. The molecule has 0 aliphatic heterocycles. The van der Waals surface area contributed by atoms with Crippen LogP contribution in [0.15, 0.2) is 97.1 Å². The molecule has 0 aliphatic carbocycles. The molecule has 4 aromatic carbocycles. The Morgan fingerprint density at radius 1 is 0.736 bits per heavy atom. The second-order valence-electron chi connectivity index (χ2n) is 14.7. The smallest absolute Gasteiger partial charge is 0.315 e. The summed E-state index contributed by atoms with van der Waals surface area (Å²) in [6.45, 7) is 14.9. The third-order valence-electron chi connectivity index (χ3n) is 8.62. The number of urea groups is 1. The zero-order chi connectivity index (χ0) is 38.4. The van der Waals surface area contributed by atoms with Gasteiger partial charge in [0, 0.05) is 39.3 Å². The fraction of sp³-hybridized carbons (Fsp3) is 0.419. The van der Waals surface area contributed by atoms with Crippen molar-refractivity contribution >= 4 is 28.6 Å². The van der Waals surface area contributed by atoms with Gasteiger partial charge in [0.1, 0.15) is 17.4 Å². The Balaban J connectivity index is 1.60. The molecular formula is C43H56N4O6. The van der Waals surface area contributed by atoms with Gasteiger partial charge in [0.05, 0.1) is 12.0 Å². The SMILES string of the molecule is CCOC(CN(Cc1cccc2ccccc12)C(=O)[C@H](Cc1ccc(OC(C)(C)C)cc1)NC(=O)C(C)(C)CNC(=O)NCc1ccccc1)OCC. The molecule has 0 saturated carbocycles. The third kappa shape index (κ3) is 12.9. The van der Waals surface area contributed by atoms with Gasteiger partial charge >= 0.3 is 6.03 Å². The first-order valence-electron chi connectivity index (χ1n) is 18.4. The number of hydrogen-bond acceptors (Lipinski definition) is 6. The zero-order valence-corrected chi connectivity index (χ0v) is 32.2. The van der Waals surface area contributed by atoms with Gasteiger partial charge < -0.3 is 35.1 Å². The van der Waals surface area contributed by atoms with E-state index < -0.39 is 17.7 Å². The lowest BCUT2D eigenvalue weighted by Gasteiger charge is -2.33. The minimum Gasteiger partial charge on any atom is -0.488 e. The lowest BCUT2D eigenvalue weighted by atomic mass is 9.91. The summed E-state index contributed by atoms with van der Waals surface area (Å²) in [4.78, 5) is 43.3. The summed E-state index contributed by atoms with van der Waals surface area (Å²) in [5, 5.41) is 10.8. The van der Waals surface area contributed by atoms with Crippen molar-refractivity contribution in [2.75, 3.05) is 26.3 Å². The molecule has 0 radical (unpaired) electrons. The number of hydrogen-bond donors (Lipinski definition) is 3. The first-order chi connectivity index (χ1) is 25.3. The van der Waals surface area contributed by atoms with Gasteiger partial charge in [-0.2, -0.15) is 0 Å². The van der Waals surface area contributed by atoms with Gasteiger partial charge in [-0.1, -0.05) is 84.9 Å². The summed E-state index contributed by atoms with van der Waals surface area (Å²) in [6, 6.07) is 29.9. The average Bonchev–Trinajstić information content (AvgIpc) is 3.13. The fourth-order valence-corrected chi connectivity index (χ4v) is 5.85. The fourth-order valence-electron chi connectivity index (χ4n) is 5.85. The molecule has 0 saturated heterocycles. The van der Waals surface area contributed by atoms with Crippen LogP contribution in [0.4, 0.5) is 4.79 Å². The molecule has 4 amide bonds. The molecule has 284 valence electrons. The lowest BCUT2D eigenvalue weighted by molar-refractivity contribution is -0.161. The van der Waals surface area contributed by atoms with E-state index in [1.54, 1.807) is 18.7 Å². The number of carbonyl (C=O) groups is 3. The number of ether oxygens (including phenoxy) is 3. The summed E-state index contributed by atoms with van der Waals surface area (Å²) in [5.41, 5.74) is 1.35. The molecule has 3 N–H and O–H groups in total. The number of carbonyl (C=O) groups excluding carboxylic acids is 3. The van der Waals surface area contributed by atoms with Gasteiger partial charge in [-0.25, -0.2) is 4.79 Å². The predicted octanol–water partition coefficient (Wildman–Crippen LogP) is 7.00. The third-order valence-corrected chi connectivity index (χ3v) is 8.62. The van der Waals surface area contributed by atoms with Crippen LogP contribution in [0.2, 0.25) is 0 Å². The van der Waals surface area contributed by atoms with Crippen LogP contribution in [-0.4, -0.2) is 67.0 Å². The number of fused-ring (bicyclic) bond motifs is 1. The molecule has 0 spiro atoms. The first-order valence-corrected chi connectivity index (χ1v) is 18.4. The van der Waals surface area contributed by atoms with Gasteiger partial charge in [0.25, 0.3) is 0 Å². The lowest BCUT2D eigenvalue weighted by Crippen LogP contribution is -2.55. The van der Waals surface area contributed by atoms with E-state index in [4.69, 9.17) is 14.2 Å². The predicted molar refractivity (Wildman–Crippen MR) is 209 cm³/mol. The molecule has 0 fully saturated rings. The monoisotopic (exact) mass is 724 g/mol. The Morgan fingerprint density at radius 3 is 2.04 bits per heavy atom. The van der Waals surface area contributed by atoms with E-state index in [0.717, 1.165) is 27.5 Å². The maximum Gasteiger partial charge on any atom is 0.315 e. The second-order valence-corrected chi connectivity index (χ2v) is 14.7. The van der Waals surface area contributed by atoms with Crippen molar-refractivity contribution < 1.29 is 28.6 Å². The van der Waals surface area contributed by atoms with E-state index >= 15 is 0 Å². The largest absolute Gasteiger partial charge is 0.488 e. The van der Waals surface area contributed by atoms with E-state index in [1.165, 1.54) is 0 Å². The van der Waals surface area contributed by atoms with E-state index in [9.17, 15) is 14.4 Å². The molecule has 53 heavy (non-hydrogen) atoms. The summed E-state index contributed by atoms with van der Waals surface area (Å²) in [5.74, 6) is 0.0537. The second kappa shape index (κ2) is 19.2. The molecular weight excluding hydrogens is 668 g/mol. The highest BCUT2D eigenvalue weighted by Crippen LogP contribution is 2.23. The van der Waals surface area contributed by atoms with Gasteiger partial charge in [-0.15, -0.1) is 0 Å². The van der Waals surface area contributed by atoms with Crippen LogP contribution in [0.1, 0.15) is 65.2 Å². The molecule has 0 aliphatic rings. The van der Waals surface area contributed by atoms with Gasteiger partial charge in [-0.05, 0) is 88.1 Å². The molecule has 0 bridgehead atoms. The molecule has 0 aromatic heterocycles. The molecule has 0 heterocycles. The van der Waals surface area contributed by atoms with Gasteiger partial charge in [0.2, 0.25) is 11.8 Å². The van der Waals surface area contributed by atoms with Crippen LogP contribution in [-0.2, 0) is 38.6 Å². The van der Waals surface area contributed by atoms with Crippen molar-refractivity contribution in [2.24, 2.45) is 5.41 Å². The molecule has 10 heteroatoms. The standard InChI is InChI=1S/C43H56N4O6/c1-8-51-38(52-9-2)29-47(28-34-20-15-19-33-18-13-14-21-36(33)34)39(48)37(26-31-22-24-35(25-23-31)53-42(3,4)5)46-40(49)43(6,7)30-45-41(50)44-27-32-16-11-10-12-17-32/h10-25,37-38H,8-9,26-30H2,1-7H3,(H,46,49)(H2,44,45,50)/t37-/m0/s1. The van der Waals surface area contributed by atoms with Crippen molar-refractivity contribution in [3.63, 3.8) is 0 Å². The highest BCUT2D eigenvalue weighted by Gasteiger charge is 2.34. The average molecular weight is 725 g/mol. The van der Waals surface area contributed by atoms with Crippen LogP contribution in [0.5, 0.6) is 5.75 Å². The quantitative estimate of drug-likeness (QED) is 0.0952. The topological polar surface area (TPSA) is 118 Å². The number of nitrogens with zero attached hydrogens (tertiary/aromatic N) is 1. The number of benzene rings is 4. The summed E-state index contributed by atoms with van der Waals surface area (Å²) >= 11 is 0. The van der Waals surface area contributed by atoms with Crippen molar-refractivity contribution in [2.45, 2.75) is 85.9 Å². The Kier molecular flexibility index (Phi) is 14.8. The summed E-state index contributed by atoms with van der Waals surface area (Å²) in [7, 11) is 0. The van der Waals surface area contributed by atoms with Crippen molar-refractivity contribution in [3.05, 3.63) is 114 Å². The minimum absolute atomic E-state index is 0.0513. The maximum absolute atomic E-state index is 14.8. The van der Waals surface area contributed by atoms with Gasteiger partial charge in [0.15, 0.2) is 6.29 Å². The van der Waals surface area contributed by atoms with Crippen LogP contribution in [0, 0.1) is 5.41 Å². The molecule has 1 atom stereocenters. The minimum atomic E-state index is -1.05. The number of amides is 4. The number of nitrogens with one attached hydrogen (secondary N) is 3. The van der Waals surface area contributed by atoms with E-state index in [0.29, 0.717) is 25.5 Å². The maximum atomic E-state index is 14.8. The molecule has 10 nitrogen and oxygen atoms in total. The van der Waals surface area contributed by atoms with E-state index in [1.807, 2.05) is 132 Å². The van der Waals surface area contributed by atoms with Crippen LogP contribution in [0.3, 0.4) is 0 Å². The normalized spacial score (nSPS) is 12.3. The molecule has 0 unspecified atom stereocenters. The van der Waals surface area contributed by atoms with Crippen LogP contribution in [0.25, 0.3) is 10.8 Å².